The summed E-state index contributed by atoms with van der Waals surface area (Å²) in [6, 6.07) is 28.0. The van der Waals surface area contributed by atoms with Crippen molar-refractivity contribution in [2.75, 3.05) is 59.4 Å². The molecule has 4 aromatic rings. The summed E-state index contributed by atoms with van der Waals surface area (Å²) in [6.45, 7) is 4.07. The minimum absolute atomic E-state index is 0.256. The molecule has 0 bridgehead atoms. The molecule has 0 spiro atoms. The zero-order valence-electron chi connectivity index (χ0n) is 24.6. The average Bonchev–Trinajstić information content (AvgIpc) is 3.38. The molecule has 3 amide bonds. The van der Waals surface area contributed by atoms with Crippen LogP contribution in [0.5, 0.6) is 0 Å². The van der Waals surface area contributed by atoms with Crippen LogP contribution in [0.25, 0.3) is 5.57 Å². The Hall–Kier alpha value is -5.92. The van der Waals surface area contributed by atoms with Crippen LogP contribution in [0.3, 0.4) is 0 Å². The number of ketones is 1. The number of carbonyl (C=O) groups is 3. The highest BCUT2D eigenvalue weighted by atomic mass is 16.2. The van der Waals surface area contributed by atoms with Gasteiger partial charge < -0.3 is 31.1 Å². The fraction of sp³-hybridized carbons (Fsp3) is 0.143. The summed E-state index contributed by atoms with van der Waals surface area (Å²) in [5.41, 5.74) is 5.88. The summed E-state index contributed by atoms with van der Waals surface area (Å²) in [5.74, 6) is -0.512. The summed E-state index contributed by atoms with van der Waals surface area (Å²) < 4.78 is 0. The van der Waals surface area contributed by atoms with Gasteiger partial charge in [-0.2, -0.15) is 5.26 Å². The lowest BCUT2D eigenvalue weighted by atomic mass is 9.99. The predicted octanol–water partition coefficient (Wildman–Crippen LogP) is 5.59. The molecular formula is C35H31N7O3. The number of fused-ring (bicyclic) bond motifs is 1. The molecule has 0 aliphatic carbocycles. The van der Waals surface area contributed by atoms with Crippen LogP contribution in [0.2, 0.25) is 0 Å². The Balaban J connectivity index is 1.11. The van der Waals surface area contributed by atoms with Crippen molar-refractivity contribution < 1.29 is 14.4 Å². The third-order valence-electron chi connectivity index (χ3n) is 7.82. The first-order valence-corrected chi connectivity index (χ1v) is 14.6. The van der Waals surface area contributed by atoms with Gasteiger partial charge in [0.1, 0.15) is 0 Å². The summed E-state index contributed by atoms with van der Waals surface area (Å²) in [6.07, 6.45) is 1.68. The Morgan fingerprint density at radius 1 is 0.822 bits per heavy atom. The molecule has 0 radical (unpaired) electrons. The van der Waals surface area contributed by atoms with Gasteiger partial charge in [-0.05, 0) is 67.7 Å². The second-order valence-corrected chi connectivity index (χ2v) is 10.9. The number of benzene rings is 4. The minimum atomic E-state index is -0.506. The normalized spacial score (nSPS) is 15.2. The largest absolute Gasteiger partial charge is 0.369 e. The van der Waals surface area contributed by atoms with Crippen LogP contribution in [-0.2, 0) is 4.79 Å². The highest BCUT2D eigenvalue weighted by Crippen LogP contribution is 2.33. The van der Waals surface area contributed by atoms with E-state index >= 15 is 0 Å². The van der Waals surface area contributed by atoms with Gasteiger partial charge in [-0.3, -0.25) is 9.59 Å². The Labute approximate surface area is 261 Å². The highest BCUT2D eigenvalue weighted by Gasteiger charge is 2.25. The zero-order valence-corrected chi connectivity index (χ0v) is 24.6. The van der Waals surface area contributed by atoms with E-state index in [1.165, 1.54) is 5.69 Å². The van der Waals surface area contributed by atoms with Gasteiger partial charge >= 0.3 is 6.03 Å². The van der Waals surface area contributed by atoms with E-state index in [2.05, 4.69) is 50.2 Å². The standard InChI is InChI=1S/C35H31N7O3/c1-41-14-16-42(17-15-41)29-11-9-26(10-12-29)37-22-31-30-13-8-25(20-32(30)40-34(31)44)33(43)24-5-3-7-28(19-24)39-35(45)38-27-6-2-4-23(18-27)21-36/h2-13,18-20,22,37H,14-17H2,1H3,(H,40,44)(H2,38,39,45)/b31-22+. The number of likely N-dealkylation sites (N-methyl/N-ethyl adjacent to an activating group) is 1. The van der Waals surface area contributed by atoms with Crippen LogP contribution in [0.15, 0.2) is 97.2 Å². The van der Waals surface area contributed by atoms with Gasteiger partial charge in [0.05, 0.1) is 17.2 Å². The van der Waals surface area contributed by atoms with Gasteiger partial charge in [0, 0.05) is 77.5 Å². The molecule has 224 valence electrons. The number of nitriles is 1. The van der Waals surface area contributed by atoms with Crippen LogP contribution in [-0.4, -0.2) is 55.8 Å². The molecule has 0 aromatic heterocycles. The first-order chi connectivity index (χ1) is 21.9. The van der Waals surface area contributed by atoms with Crippen molar-refractivity contribution in [3.63, 3.8) is 0 Å². The van der Waals surface area contributed by atoms with Gasteiger partial charge in [-0.1, -0.05) is 30.3 Å². The van der Waals surface area contributed by atoms with Crippen LogP contribution in [0, 0.1) is 11.3 Å². The number of urea groups is 1. The van der Waals surface area contributed by atoms with E-state index in [4.69, 9.17) is 5.26 Å². The number of carbonyl (C=O) groups excluding carboxylic acids is 3. The van der Waals surface area contributed by atoms with E-state index in [0.717, 1.165) is 31.9 Å². The second-order valence-electron chi connectivity index (χ2n) is 10.9. The van der Waals surface area contributed by atoms with E-state index in [0.29, 0.717) is 44.9 Å². The van der Waals surface area contributed by atoms with E-state index in [9.17, 15) is 14.4 Å². The van der Waals surface area contributed by atoms with Gasteiger partial charge in [0.2, 0.25) is 0 Å². The van der Waals surface area contributed by atoms with Crippen molar-refractivity contribution in [3.8, 4) is 6.07 Å². The summed E-state index contributed by atoms with van der Waals surface area (Å²) in [7, 11) is 2.14. The first-order valence-electron chi connectivity index (χ1n) is 14.6. The van der Waals surface area contributed by atoms with Crippen molar-refractivity contribution >= 4 is 51.7 Å². The van der Waals surface area contributed by atoms with Crippen molar-refractivity contribution in [1.82, 2.24) is 4.90 Å². The van der Waals surface area contributed by atoms with Gasteiger partial charge in [-0.25, -0.2) is 4.79 Å². The molecule has 4 aromatic carbocycles. The molecule has 6 rings (SSSR count). The molecule has 0 saturated carbocycles. The quantitative estimate of drug-likeness (QED) is 0.161. The van der Waals surface area contributed by atoms with Crippen molar-refractivity contribution in [1.29, 1.82) is 5.26 Å². The Bertz CT molecular complexity index is 1850. The molecule has 4 N–H and O–H groups in total. The number of hydrogen-bond donors (Lipinski definition) is 4. The van der Waals surface area contributed by atoms with Gasteiger partial charge in [-0.15, -0.1) is 0 Å². The summed E-state index contributed by atoms with van der Waals surface area (Å²) in [5, 5.41) is 20.5. The van der Waals surface area contributed by atoms with E-state index in [1.54, 1.807) is 72.9 Å². The molecule has 2 heterocycles. The number of nitrogens with one attached hydrogen (secondary N) is 4. The number of nitrogens with zero attached hydrogens (tertiary/aromatic N) is 3. The Kier molecular flexibility index (Phi) is 8.26. The zero-order chi connectivity index (χ0) is 31.3. The second kappa shape index (κ2) is 12.8. The lowest BCUT2D eigenvalue weighted by Gasteiger charge is -2.34. The minimum Gasteiger partial charge on any atom is -0.369 e. The fourth-order valence-corrected chi connectivity index (χ4v) is 5.33. The van der Waals surface area contributed by atoms with E-state index in [1.807, 2.05) is 18.2 Å². The fourth-order valence-electron chi connectivity index (χ4n) is 5.33. The molecule has 45 heavy (non-hydrogen) atoms. The van der Waals surface area contributed by atoms with Crippen molar-refractivity contribution in [2.24, 2.45) is 0 Å². The number of rotatable bonds is 7. The third-order valence-corrected chi connectivity index (χ3v) is 7.82. The van der Waals surface area contributed by atoms with E-state index < -0.39 is 6.03 Å². The lowest BCUT2D eigenvalue weighted by molar-refractivity contribution is -0.110. The number of hydrogen-bond acceptors (Lipinski definition) is 7. The molecule has 10 nitrogen and oxygen atoms in total. The topological polar surface area (TPSA) is 130 Å². The molecule has 2 aliphatic rings. The molecule has 0 unspecified atom stereocenters. The molecule has 1 saturated heterocycles. The molecule has 1 fully saturated rings. The maximum atomic E-state index is 13.4. The van der Waals surface area contributed by atoms with Gasteiger partial charge in [0.25, 0.3) is 5.91 Å². The molecule has 10 heteroatoms. The average molecular weight is 598 g/mol. The molecule has 2 aliphatic heterocycles. The monoisotopic (exact) mass is 597 g/mol. The Morgan fingerprint density at radius 2 is 1.51 bits per heavy atom. The predicted molar refractivity (Wildman–Crippen MR) is 176 cm³/mol. The maximum Gasteiger partial charge on any atom is 0.323 e. The van der Waals surface area contributed by atoms with Crippen LogP contribution in [0.1, 0.15) is 27.0 Å². The van der Waals surface area contributed by atoms with Crippen LogP contribution >= 0.6 is 0 Å². The lowest BCUT2D eigenvalue weighted by Crippen LogP contribution is -2.44. The number of anilines is 5. The van der Waals surface area contributed by atoms with Crippen LogP contribution < -0.4 is 26.2 Å². The summed E-state index contributed by atoms with van der Waals surface area (Å²) in [4.78, 5) is 43.4. The SMILES string of the molecule is CN1CCN(c2ccc(N/C=C3/C(=O)Nc4cc(C(=O)c5cccc(NC(=O)Nc6cccc(C#N)c6)c5)ccc43)cc2)CC1. The van der Waals surface area contributed by atoms with Crippen molar-refractivity contribution in [3.05, 3.63) is 119 Å². The smallest absolute Gasteiger partial charge is 0.323 e. The first kappa shape index (κ1) is 29.2. The summed E-state index contributed by atoms with van der Waals surface area (Å²) >= 11 is 0. The molecule has 0 atom stereocenters. The van der Waals surface area contributed by atoms with Gasteiger partial charge in [0.15, 0.2) is 5.78 Å². The number of piperazine rings is 1. The van der Waals surface area contributed by atoms with Crippen molar-refractivity contribution in [2.45, 2.75) is 0 Å². The Morgan fingerprint density at radius 3 is 2.24 bits per heavy atom. The maximum absolute atomic E-state index is 13.4. The van der Waals surface area contributed by atoms with Crippen LogP contribution in [0.4, 0.5) is 33.2 Å². The highest BCUT2D eigenvalue weighted by molar-refractivity contribution is 6.32. The van der Waals surface area contributed by atoms with E-state index in [-0.39, 0.29) is 11.7 Å². The number of amides is 3. The third kappa shape index (κ3) is 6.69. The molecular weight excluding hydrogens is 566 g/mol.